The lowest BCUT2D eigenvalue weighted by atomic mass is 9.93. The molecule has 0 aliphatic carbocycles. The van der Waals surface area contributed by atoms with Crippen LogP contribution in [0.3, 0.4) is 0 Å². The molecule has 0 aliphatic rings. The van der Waals surface area contributed by atoms with E-state index in [0.29, 0.717) is 0 Å². The minimum absolute atomic E-state index is 0.0524. The fourth-order valence-corrected chi connectivity index (χ4v) is 2.91. The number of hydrogen-bond donors (Lipinski definition) is 0. The van der Waals surface area contributed by atoms with Crippen molar-refractivity contribution in [3.8, 4) is 22.3 Å². The number of benzene rings is 3. The highest BCUT2D eigenvalue weighted by molar-refractivity contribution is 6.02. The lowest BCUT2D eigenvalue weighted by Crippen LogP contribution is -1.97. The SMILES string of the molecule is CC(=O)c1ccccc1-c1ccc(-c2ccccc2C(C)=O)cc1. The van der Waals surface area contributed by atoms with Crippen molar-refractivity contribution in [3.63, 3.8) is 0 Å². The lowest BCUT2D eigenvalue weighted by Gasteiger charge is -2.10. The molecule has 2 nitrogen and oxygen atoms in total. The van der Waals surface area contributed by atoms with Crippen LogP contribution in [-0.4, -0.2) is 11.6 Å². The summed E-state index contributed by atoms with van der Waals surface area (Å²) >= 11 is 0. The molecule has 0 fully saturated rings. The van der Waals surface area contributed by atoms with Crippen molar-refractivity contribution in [1.29, 1.82) is 0 Å². The molecule has 0 saturated heterocycles. The molecule has 0 saturated carbocycles. The fourth-order valence-electron chi connectivity index (χ4n) is 2.91. The maximum atomic E-state index is 11.8. The molecule has 2 heteroatoms. The van der Waals surface area contributed by atoms with Crippen LogP contribution in [0.25, 0.3) is 22.3 Å². The van der Waals surface area contributed by atoms with Crippen LogP contribution >= 0.6 is 0 Å². The van der Waals surface area contributed by atoms with Gasteiger partial charge >= 0.3 is 0 Å². The Balaban J connectivity index is 2.04. The quantitative estimate of drug-likeness (QED) is 0.602. The molecule has 0 aromatic heterocycles. The van der Waals surface area contributed by atoms with E-state index < -0.39 is 0 Å². The molecule has 3 aromatic rings. The van der Waals surface area contributed by atoms with E-state index in [0.717, 1.165) is 33.4 Å². The van der Waals surface area contributed by atoms with Crippen molar-refractivity contribution in [2.75, 3.05) is 0 Å². The van der Waals surface area contributed by atoms with E-state index in [1.165, 1.54) is 0 Å². The molecular weight excluding hydrogens is 296 g/mol. The molecule has 0 heterocycles. The standard InChI is InChI=1S/C22H18O2/c1-15(23)19-7-3-5-9-21(19)17-11-13-18(14-12-17)22-10-6-4-8-20(22)16(2)24/h3-14H,1-2H3. The molecule has 0 atom stereocenters. The summed E-state index contributed by atoms with van der Waals surface area (Å²) in [5, 5.41) is 0. The molecule has 0 amide bonds. The first-order valence-electron chi connectivity index (χ1n) is 7.88. The number of Topliss-reactive ketones (excluding diaryl/α,β-unsaturated/α-hetero) is 2. The highest BCUT2D eigenvalue weighted by Gasteiger charge is 2.11. The molecule has 0 bridgehead atoms. The summed E-state index contributed by atoms with van der Waals surface area (Å²) in [7, 11) is 0. The molecule has 0 N–H and O–H groups in total. The third-order valence-corrected chi connectivity index (χ3v) is 4.12. The highest BCUT2D eigenvalue weighted by atomic mass is 16.1. The zero-order valence-electron chi connectivity index (χ0n) is 13.7. The number of carbonyl (C=O) groups excluding carboxylic acids is 2. The maximum Gasteiger partial charge on any atom is 0.160 e. The van der Waals surface area contributed by atoms with Gasteiger partial charge < -0.3 is 0 Å². The molecular formula is C22H18O2. The van der Waals surface area contributed by atoms with Crippen LogP contribution in [0.1, 0.15) is 34.6 Å². The Hall–Kier alpha value is -3.00. The summed E-state index contributed by atoms with van der Waals surface area (Å²) in [5.41, 5.74) is 5.27. The average molecular weight is 314 g/mol. The number of hydrogen-bond acceptors (Lipinski definition) is 2. The predicted octanol–water partition coefficient (Wildman–Crippen LogP) is 5.43. The van der Waals surface area contributed by atoms with E-state index in [9.17, 15) is 9.59 Å². The monoisotopic (exact) mass is 314 g/mol. The minimum atomic E-state index is 0.0524. The van der Waals surface area contributed by atoms with E-state index in [1.54, 1.807) is 13.8 Å². The van der Waals surface area contributed by atoms with Gasteiger partial charge in [0.1, 0.15) is 0 Å². The van der Waals surface area contributed by atoms with Crippen molar-refractivity contribution < 1.29 is 9.59 Å². The van der Waals surface area contributed by atoms with Crippen molar-refractivity contribution >= 4 is 11.6 Å². The zero-order chi connectivity index (χ0) is 17.1. The van der Waals surface area contributed by atoms with Gasteiger partial charge in [-0.1, -0.05) is 72.8 Å². The van der Waals surface area contributed by atoms with E-state index >= 15 is 0 Å². The van der Waals surface area contributed by atoms with Gasteiger partial charge in [-0.2, -0.15) is 0 Å². The van der Waals surface area contributed by atoms with Crippen LogP contribution in [0.4, 0.5) is 0 Å². The molecule has 0 radical (unpaired) electrons. The second-order valence-corrected chi connectivity index (χ2v) is 5.78. The summed E-state index contributed by atoms with van der Waals surface area (Å²) in [6.07, 6.45) is 0. The van der Waals surface area contributed by atoms with Crippen molar-refractivity contribution in [1.82, 2.24) is 0 Å². The summed E-state index contributed by atoms with van der Waals surface area (Å²) in [4.78, 5) is 23.6. The lowest BCUT2D eigenvalue weighted by molar-refractivity contribution is 0.101. The fraction of sp³-hybridized carbons (Fsp3) is 0.0909. The Morgan fingerprint density at radius 1 is 0.542 bits per heavy atom. The van der Waals surface area contributed by atoms with Gasteiger partial charge in [0.25, 0.3) is 0 Å². The van der Waals surface area contributed by atoms with Gasteiger partial charge in [0.15, 0.2) is 11.6 Å². The summed E-state index contributed by atoms with van der Waals surface area (Å²) < 4.78 is 0. The first kappa shape index (κ1) is 15.9. The van der Waals surface area contributed by atoms with Crippen molar-refractivity contribution in [3.05, 3.63) is 83.9 Å². The topological polar surface area (TPSA) is 34.1 Å². The van der Waals surface area contributed by atoms with Crippen LogP contribution in [-0.2, 0) is 0 Å². The van der Waals surface area contributed by atoms with E-state index in [1.807, 2.05) is 72.8 Å². The van der Waals surface area contributed by atoms with Crippen LogP contribution in [0.2, 0.25) is 0 Å². The second-order valence-electron chi connectivity index (χ2n) is 5.78. The normalized spacial score (nSPS) is 10.4. The highest BCUT2D eigenvalue weighted by Crippen LogP contribution is 2.29. The molecule has 24 heavy (non-hydrogen) atoms. The predicted molar refractivity (Wildman–Crippen MR) is 97.3 cm³/mol. The van der Waals surface area contributed by atoms with Gasteiger partial charge in [0.2, 0.25) is 0 Å². The molecule has 0 unspecified atom stereocenters. The van der Waals surface area contributed by atoms with Crippen molar-refractivity contribution in [2.45, 2.75) is 13.8 Å². The maximum absolute atomic E-state index is 11.8. The molecule has 118 valence electrons. The van der Waals surface area contributed by atoms with Crippen molar-refractivity contribution in [2.24, 2.45) is 0 Å². The summed E-state index contributed by atoms with van der Waals surface area (Å²) in [6.45, 7) is 3.16. The smallest absolute Gasteiger partial charge is 0.160 e. The second kappa shape index (κ2) is 6.63. The number of carbonyl (C=O) groups is 2. The zero-order valence-corrected chi connectivity index (χ0v) is 13.7. The van der Waals surface area contributed by atoms with Gasteiger partial charge in [-0.05, 0) is 36.1 Å². The van der Waals surface area contributed by atoms with Crippen LogP contribution in [0.5, 0.6) is 0 Å². The first-order valence-corrected chi connectivity index (χ1v) is 7.88. The Labute approximate surface area is 141 Å². The Bertz CT molecular complexity index is 829. The Morgan fingerprint density at radius 2 is 0.875 bits per heavy atom. The van der Waals surface area contributed by atoms with Crippen LogP contribution in [0, 0.1) is 0 Å². The van der Waals surface area contributed by atoms with E-state index in [-0.39, 0.29) is 11.6 Å². The van der Waals surface area contributed by atoms with E-state index in [2.05, 4.69) is 0 Å². The van der Waals surface area contributed by atoms with Gasteiger partial charge in [-0.15, -0.1) is 0 Å². The Kier molecular flexibility index (Phi) is 4.39. The average Bonchev–Trinajstić information content (AvgIpc) is 2.62. The number of rotatable bonds is 4. The third-order valence-electron chi connectivity index (χ3n) is 4.12. The number of ketones is 2. The van der Waals surface area contributed by atoms with Crippen LogP contribution in [0.15, 0.2) is 72.8 Å². The third kappa shape index (κ3) is 3.04. The van der Waals surface area contributed by atoms with Crippen LogP contribution < -0.4 is 0 Å². The van der Waals surface area contributed by atoms with Gasteiger partial charge in [-0.25, -0.2) is 0 Å². The Morgan fingerprint density at radius 3 is 1.21 bits per heavy atom. The molecule has 3 rings (SSSR count). The molecule has 0 spiro atoms. The van der Waals surface area contributed by atoms with E-state index in [4.69, 9.17) is 0 Å². The van der Waals surface area contributed by atoms with Gasteiger partial charge in [0.05, 0.1) is 0 Å². The largest absolute Gasteiger partial charge is 0.294 e. The summed E-state index contributed by atoms with van der Waals surface area (Å²) in [6, 6.07) is 23.2. The first-order chi connectivity index (χ1) is 11.6. The minimum Gasteiger partial charge on any atom is -0.294 e. The summed E-state index contributed by atoms with van der Waals surface area (Å²) in [5.74, 6) is 0.105. The van der Waals surface area contributed by atoms with Gasteiger partial charge in [-0.3, -0.25) is 9.59 Å². The molecule has 0 aliphatic heterocycles. The molecule has 3 aromatic carbocycles. The van der Waals surface area contributed by atoms with Gasteiger partial charge in [0, 0.05) is 11.1 Å².